The molecular formula is C20H20N2O2. The number of hydrogen-bond acceptors (Lipinski definition) is 3. The van der Waals surface area contributed by atoms with Crippen molar-refractivity contribution in [2.45, 2.75) is 19.8 Å². The van der Waals surface area contributed by atoms with Gasteiger partial charge in [0.2, 0.25) is 0 Å². The molecule has 0 aliphatic heterocycles. The Morgan fingerprint density at radius 1 is 1.25 bits per heavy atom. The minimum Gasteiger partial charge on any atom is -0.508 e. The lowest BCUT2D eigenvalue weighted by Crippen LogP contribution is -2.25. The van der Waals surface area contributed by atoms with Crippen molar-refractivity contribution < 1.29 is 9.90 Å². The largest absolute Gasteiger partial charge is 0.508 e. The number of carbonyl (C=O) groups is 1. The summed E-state index contributed by atoms with van der Waals surface area (Å²) in [5.41, 5.74) is 2.69. The van der Waals surface area contributed by atoms with E-state index >= 15 is 0 Å². The third-order valence-corrected chi connectivity index (χ3v) is 3.67. The van der Waals surface area contributed by atoms with Crippen LogP contribution in [0.4, 0.5) is 0 Å². The molecule has 4 nitrogen and oxygen atoms in total. The molecule has 1 amide bonds. The molecule has 122 valence electrons. The van der Waals surface area contributed by atoms with Gasteiger partial charge in [-0.25, -0.2) is 0 Å². The van der Waals surface area contributed by atoms with Gasteiger partial charge >= 0.3 is 0 Å². The molecule has 0 saturated carbocycles. The van der Waals surface area contributed by atoms with Gasteiger partial charge < -0.3 is 10.4 Å². The van der Waals surface area contributed by atoms with Crippen LogP contribution in [-0.4, -0.2) is 17.6 Å². The Hall–Kier alpha value is -3.06. The first kappa shape index (κ1) is 17.3. The van der Waals surface area contributed by atoms with Crippen molar-refractivity contribution in [1.82, 2.24) is 5.32 Å². The summed E-state index contributed by atoms with van der Waals surface area (Å²) in [6.45, 7) is 2.28. The van der Waals surface area contributed by atoms with E-state index in [-0.39, 0.29) is 17.2 Å². The van der Waals surface area contributed by atoms with Crippen LogP contribution in [0.15, 0.2) is 54.1 Å². The topological polar surface area (TPSA) is 73.1 Å². The van der Waals surface area contributed by atoms with Crippen LogP contribution in [0.5, 0.6) is 5.75 Å². The molecule has 0 radical (unpaired) electrons. The zero-order chi connectivity index (χ0) is 17.4. The van der Waals surface area contributed by atoms with Gasteiger partial charge in [-0.3, -0.25) is 4.79 Å². The Morgan fingerprint density at radius 2 is 2.00 bits per heavy atom. The fraction of sp³-hybridized carbons (Fsp3) is 0.200. The normalized spacial score (nSPS) is 10.9. The monoisotopic (exact) mass is 320 g/mol. The average Bonchev–Trinajstić information content (AvgIpc) is 2.60. The lowest BCUT2D eigenvalue weighted by atomic mass is 10.1. The molecule has 2 aromatic carbocycles. The van der Waals surface area contributed by atoms with Crippen LogP contribution < -0.4 is 5.32 Å². The van der Waals surface area contributed by atoms with E-state index in [0.29, 0.717) is 17.7 Å². The second kappa shape index (κ2) is 8.54. The summed E-state index contributed by atoms with van der Waals surface area (Å²) in [5.74, 6) is -0.188. The number of nitriles is 1. The summed E-state index contributed by atoms with van der Waals surface area (Å²) >= 11 is 0. The molecule has 0 fully saturated rings. The first-order valence-electron chi connectivity index (χ1n) is 7.83. The molecule has 2 aromatic rings. The van der Waals surface area contributed by atoms with Gasteiger partial charge in [0.25, 0.3) is 5.91 Å². The highest BCUT2D eigenvalue weighted by molar-refractivity contribution is 6.01. The Morgan fingerprint density at radius 3 is 2.67 bits per heavy atom. The van der Waals surface area contributed by atoms with E-state index in [0.717, 1.165) is 12.8 Å². The van der Waals surface area contributed by atoms with Crippen LogP contribution in [0.3, 0.4) is 0 Å². The molecule has 24 heavy (non-hydrogen) atoms. The predicted molar refractivity (Wildman–Crippen MR) is 94.2 cm³/mol. The number of rotatable bonds is 6. The van der Waals surface area contributed by atoms with Gasteiger partial charge in [0, 0.05) is 6.54 Å². The number of phenolic OH excluding ortho intramolecular Hbond substituents is 1. The fourth-order valence-corrected chi connectivity index (χ4v) is 2.32. The van der Waals surface area contributed by atoms with Crippen LogP contribution in [-0.2, 0) is 11.2 Å². The van der Waals surface area contributed by atoms with Crippen LogP contribution in [0, 0.1) is 18.3 Å². The van der Waals surface area contributed by atoms with Crippen LogP contribution in [0.2, 0.25) is 0 Å². The number of carbonyl (C=O) groups excluding carboxylic acids is 1. The third-order valence-electron chi connectivity index (χ3n) is 3.67. The highest BCUT2D eigenvalue weighted by Crippen LogP contribution is 2.18. The molecule has 0 bridgehead atoms. The molecule has 0 aliphatic rings. The molecule has 4 heteroatoms. The molecule has 0 aliphatic carbocycles. The number of nitrogens with zero attached hydrogens (tertiary/aromatic N) is 1. The highest BCUT2D eigenvalue weighted by Gasteiger charge is 2.08. The van der Waals surface area contributed by atoms with Crippen molar-refractivity contribution in [3.63, 3.8) is 0 Å². The number of phenols is 1. The summed E-state index contributed by atoms with van der Waals surface area (Å²) in [7, 11) is 0. The van der Waals surface area contributed by atoms with Gasteiger partial charge in [0.15, 0.2) is 0 Å². The maximum Gasteiger partial charge on any atom is 0.261 e. The standard InChI is InChI=1S/C20H20N2O2/c1-15-12-17(9-10-19(15)23)13-18(14-21)20(24)22-11-5-8-16-6-3-2-4-7-16/h2-4,6-7,9-10,12-13,23H,5,8,11H2,1H3,(H,22,24)/b18-13+. The smallest absolute Gasteiger partial charge is 0.261 e. The second-order valence-electron chi connectivity index (χ2n) is 5.56. The SMILES string of the molecule is Cc1cc(/C=C(\C#N)C(=O)NCCCc2ccccc2)ccc1O. The number of amides is 1. The highest BCUT2D eigenvalue weighted by atomic mass is 16.3. The zero-order valence-electron chi connectivity index (χ0n) is 13.6. The van der Waals surface area contributed by atoms with E-state index in [4.69, 9.17) is 0 Å². The van der Waals surface area contributed by atoms with E-state index in [1.54, 1.807) is 25.1 Å². The minimum absolute atomic E-state index is 0.0554. The summed E-state index contributed by atoms with van der Waals surface area (Å²) in [4.78, 5) is 12.1. The van der Waals surface area contributed by atoms with Crippen molar-refractivity contribution in [2.75, 3.05) is 6.54 Å². The predicted octanol–water partition coefficient (Wildman–Crippen LogP) is 3.36. The first-order chi connectivity index (χ1) is 11.6. The van der Waals surface area contributed by atoms with Crippen LogP contribution in [0.1, 0.15) is 23.1 Å². The first-order valence-corrected chi connectivity index (χ1v) is 7.83. The van der Waals surface area contributed by atoms with Crippen LogP contribution >= 0.6 is 0 Å². The van der Waals surface area contributed by atoms with E-state index in [9.17, 15) is 15.2 Å². The number of aromatic hydroxyl groups is 1. The summed E-state index contributed by atoms with van der Waals surface area (Å²) < 4.78 is 0. The van der Waals surface area contributed by atoms with Crippen LogP contribution in [0.25, 0.3) is 6.08 Å². The maximum atomic E-state index is 12.1. The van der Waals surface area contributed by atoms with Crippen molar-refractivity contribution in [1.29, 1.82) is 5.26 Å². The Labute approximate surface area is 142 Å². The molecule has 0 atom stereocenters. The van der Waals surface area contributed by atoms with Crippen molar-refractivity contribution in [3.05, 3.63) is 70.8 Å². The molecule has 0 unspecified atom stereocenters. The van der Waals surface area contributed by atoms with Gasteiger partial charge in [-0.15, -0.1) is 0 Å². The maximum absolute atomic E-state index is 12.1. The van der Waals surface area contributed by atoms with E-state index in [2.05, 4.69) is 17.4 Å². The van der Waals surface area contributed by atoms with Gasteiger partial charge in [0.1, 0.15) is 17.4 Å². The summed E-state index contributed by atoms with van der Waals surface area (Å²) in [5, 5.41) is 21.5. The third kappa shape index (κ3) is 4.99. The second-order valence-corrected chi connectivity index (χ2v) is 5.56. The molecule has 0 heterocycles. The number of nitrogens with one attached hydrogen (secondary N) is 1. The molecular weight excluding hydrogens is 300 g/mol. The summed E-state index contributed by atoms with van der Waals surface area (Å²) in [6.07, 6.45) is 3.22. The lowest BCUT2D eigenvalue weighted by molar-refractivity contribution is -0.117. The van der Waals surface area contributed by atoms with Gasteiger partial charge in [-0.05, 0) is 54.7 Å². The molecule has 0 saturated heterocycles. The molecule has 0 spiro atoms. The Kier molecular flexibility index (Phi) is 6.16. The fourth-order valence-electron chi connectivity index (χ4n) is 2.32. The number of hydrogen-bond donors (Lipinski definition) is 2. The zero-order valence-corrected chi connectivity index (χ0v) is 13.6. The van der Waals surface area contributed by atoms with E-state index in [1.807, 2.05) is 24.3 Å². The van der Waals surface area contributed by atoms with Crippen molar-refractivity contribution in [2.24, 2.45) is 0 Å². The average molecular weight is 320 g/mol. The molecule has 0 aromatic heterocycles. The summed E-state index contributed by atoms with van der Waals surface area (Å²) in [6, 6.07) is 16.9. The number of benzene rings is 2. The van der Waals surface area contributed by atoms with Gasteiger partial charge in [0.05, 0.1) is 0 Å². The molecule has 2 rings (SSSR count). The Bertz CT molecular complexity index is 774. The van der Waals surface area contributed by atoms with E-state index < -0.39 is 0 Å². The van der Waals surface area contributed by atoms with Gasteiger partial charge in [-0.1, -0.05) is 36.4 Å². The van der Waals surface area contributed by atoms with Crippen molar-refractivity contribution >= 4 is 12.0 Å². The quantitative estimate of drug-likeness (QED) is 0.487. The molecule has 2 N–H and O–H groups in total. The van der Waals surface area contributed by atoms with Gasteiger partial charge in [-0.2, -0.15) is 5.26 Å². The van der Waals surface area contributed by atoms with E-state index in [1.165, 1.54) is 11.6 Å². The minimum atomic E-state index is -0.378. The number of aryl methyl sites for hydroxylation is 2. The van der Waals surface area contributed by atoms with Crippen molar-refractivity contribution in [3.8, 4) is 11.8 Å². The lowest BCUT2D eigenvalue weighted by Gasteiger charge is -2.05. The Balaban J connectivity index is 1.90.